The maximum atomic E-state index is 13.2. The van der Waals surface area contributed by atoms with Gasteiger partial charge in [0.2, 0.25) is 5.91 Å². The van der Waals surface area contributed by atoms with Gasteiger partial charge in [0, 0.05) is 18.7 Å². The Morgan fingerprint density at radius 3 is 2.69 bits per heavy atom. The third-order valence-corrected chi connectivity index (χ3v) is 5.83. The van der Waals surface area contributed by atoms with Gasteiger partial charge in [-0.15, -0.1) is 0 Å². The zero-order chi connectivity index (χ0) is 20.8. The topological polar surface area (TPSA) is 49.4 Å². The van der Waals surface area contributed by atoms with E-state index in [-0.39, 0.29) is 18.2 Å². The van der Waals surface area contributed by atoms with Crippen molar-refractivity contribution in [2.45, 2.75) is 26.2 Å². The van der Waals surface area contributed by atoms with Crippen molar-refractivity contribution in [3.8, 4) is 0 Å². The zero-order valence-electron chi connectivity index (χ0n) is 16.0. The largest absolute Gasteiger partial charge is 0.326 e. The van der Waals surface area contributed by atoms with Gasteiger partial charge in [-0.2, -0.15) is 0 Å². The van der Waals surface area contributed by atoms with E-state index in [1.54, 1.807) is 6.07 Å². The number of carbonyl (C=O) groups excluding carboxylic acids is 2. The Hall–Kier alpha value is -2.51. The summed E-state index contributed by atoms with van der Waals surface area (Å²) < 4.78 is 13.7. The first-order chi connectivity index (χ1) is 14.0. The van der Waals surface area contributed by atoms with Crippen molar-refractivity contribution in [3.05, 3.63) is 70.4 Å². The SMILES string of the molecule is CCc1ccc(/C=C2/SC(=S)N(CCCC(=O)Nc3cccc(F)c3)C2=O)cc1. The molecule has 2 amide bonds. The predicted molar refractivity (Wildman–Crippen MR) is 120 cm³/mol. The van der Waals surface area contributed by atoms with Gasteiger partial charge in [0.05, 0.1) is 4.91 Å². The molecule has 29 heavy (non-hydrogen) atoms. The van der Waals surface area contributed by atoms with Gasteiger partial charge in [-0.1, -0.05) is 61.2 Å². The van der Waals surface area contributed by atoms with E-state index < -0.39 is 5.82 Å². The standard InChI is InChI=1S/C22H21FN2O2S2/c1-2-15-8-10-16(11-9-15)13-19-21(27)25(22(28)29-19)12-4-7-20(26)24-18-6-3-5-17(23)14-18/h3,5-6,8-11,13-14H,2,4,7,12H2,1H3,(H,24,26)/b19-13+. The van der Waals surface area contributed by atoms with E-state index in [2.05, 4.69) is 12.2 Å². The van der Waals surface area contributed by atoms with Crippen LogP contribution in [0, 0.1) is 5.82 Å². The van der Waals surface area contributed by atoms with Gasteiger partial charge >= 0.3 is 0 Å². The molecule has 1 heterocycles. The van der Waals surface area contributed by atoms with Crippen molar-refractivity contribution in [3.63, 3.8) is 0 Å². The molecule has 3 rings (SSSR count). The van der Waals surface area contributed by atoms with Gasteiger partial charge in [0.1, 0.15) is 10.1 Å². The molecule has 1 aliphatic heterocycles. The lowest BCUT2D eigenvalue weighted by molar-refractivity contribution is -0.122. The highest BCUT2D eigenvalue weighted by atomic mass is 32.2. The molecule has 1 saturated heterocycles. The molecule has 0 saturated carbocycles. The van der Waals surface area contributed by atoms with Crippen LogP contribution >= 0.6 is 24.0 Å². The minimum Gasteiger partial charge on any atom is -0.326 e. The molecule has 0 aromatic heterocycles. The first-order valence-corrected chi connectivity index (χ1v) is 10.6. The molecule has 4 nitrogen and oxygen atoms in total. The number of amides is 2. The second-order valence-corrected chi connectivity index (χ2v) is 8.27. The summed E-state index contributed by atoms with van der Waals surface area (Å²) in [5.74, 6) is -0.769. The van der Waals surface area contributed by atoms with Crippen molar-refractivity contribution >= 4 is 51.9 Å². The number of benzene rings is 2. The fourth-order valence-corrected chi connectivity index (χ4v) is 4.19. The summed E-state index contributed by atoms with van der Waals surface area (Å²) in [5.41, 5.74) is 2.61. The van der Waals surface area contributed by atoms with Crippen molar-refractivity contribution in [1.29, 1.82) is 0 Å². The van der Waals surface area contributed by atoms with Crippen molar-refractivity contribution in [2.24, 2.45) is 0 Å². The molecule has 0 unspecified atom stereocenters. The number of halogens is 1. The third-order valence-electron chi connectivity index (χ3n) is 4.45. The first kappa shape index (κ1) is 21.2. The van der Waals surface area contributed by atoms with E-state index >= 15 is 0 Å². The van der Waals surface area contributed by atoms with Crippen LogP contribution in [-0.2, 0) is 16.0 Å². The van der Waals surface area contributed by atoms with Crippen molar-refractivity contribution < 1.29 is 14.0 Å². The predicted octanol–water partition coefficient (Wildman–Crippen LogP) is 5.01. The molecule has 2 aromatic carbocycles. The quantitative estimate of drug-likeness (QED) is 0.498. The maximum absolute atomic E-state index is 13.2. The maximum Gasteiger partial charge on any atom is 0.266 e. The highest BCUT2D eigenvalue weighted by Gasteiger charge is 2.31. The Balaban J connectivity index is 1.53. The molecular formula is C22H21FN2O2S2. The molecule has 1 fully saturated rings. The molecule has 7 heteroatoms. The van der Waals surface area contributed by atoms with Crippen LogP contribution in [0.3, 0.4) is 0 Å². The lowest BCUT2D eigenvalue weighted by atomic mass is 10.1. The number of nitrogens with zero attached hydrogens (tertiary/aromatic N) is 1. The van der Waals surface area contributed by atoms with Gasteiger partial charge < -0.3 is 5.32 Å². The molecule has 0 spiro atoms. The summed E-state index contributed by atoms with van der Waals surface area (Å²) in [4.78, 5) is 26.8. The molecule has 150 valence electrons. The van der Waals surface area contributed by atoms with Crippen LogP contribution in [0.2, 0.25) is 0 Å². The molecule has 1 N–H and O–H groups in total. The number of rotatable bonds is 7. The Kier molecular flexibility index (Phi) is 7.17. The van der Waals surface area contributed by atoms with Crippen LogP contribution in [-0.4, -0.2) is 27.6 Å². The molecule has 0 aliphatic carbocycles. The highest BCUT2D eigenvalue weighted by molar-refractivity contribution is 8.26. The van der Waals surface area contributed by atoms with E-state index in [9.17, 15) is 14.0 Å². The smallest absolute Gasteiger partial charge is 0.266 e. The van der Waals surface area contributed by atoms with Crippen LogP contribution in [0.25, 0.3) is 6.08 Å². The van der Waals surface area contributed by atoms with Crippen LogP contribution in [0.4, 0.5) is 10.1 Å². The normalized spacial score (nSPS) is 15.2. The Morgan fingerprint density at radius 2 is 2.00 bits per heavy atom. The van der Waals surface area contributed by atoms with Gasteiger partial charge in [-0.3, -0.25) is 14.5 Å². The second-order valence-electron chi connectivity index (χ2n) is 6.59. The summed E-state index contributed by atoms with van der Waals surface area (Å²) in [7, 11) is 0. The molecule has 1 aliphatic rings. The average Bonchev–Trinajstić information content (AvgIpc) is 2.96. The molecule has 0 bridgehead atoms. The van der Waals surface area contributed by atoms with Crippen molar-refractivity contribution in [2.75, 3.05) is 11.9 Å². The highest BCUT2D eigenvalue weighted by Crippen LogP contribution is 2.32. The van der Waals surface area contributed by atoms with Crippen LogP contribution < -0.4 is 5.32 Å². The number of thioether (sulfide) groups is 1. The second kappa shape index (κ2) is 9.80. The van der Waals surface area contributed by atoms with Gasteiger partial charge in [0.15, 0.2) is 0 Å². The summed E-state index contributed by atoms with van der Waals surface area (Å²) >= 11 is 6.61. The third kappa shape index (κ3) is 5.74. The molecule has 0 atom stereocenters. The van der Waals surface area contributed by atoms with Crippen LogP contribution in [0.1, 0.15) is 30.9 Å². The van der Waals surface area contributed by atoms with E-state index in [1.165, 1.54) is 40.4 Å². The zero-order valence-corrected chi connectivity index (χ0v) is 17.6. The summed E-state index contributed by atoms with van der Waals surface area (Å²) in [6.45, 7) is 2.46. The van der Waals surface area contributed by atoms with E-state index in [0.29, 0.717) is 27.9 Å². The number of aryl methyl sites for hydroxylation is 1. The van der Waals surface area contributed by atoms with Gasteiger partial charge in [-0.25, -0.2) is 4.39 Å². The summed E-state index contributed by atoms with van der Waals surface area (Å²) in [6.07, 6.45) is 3.49. The Morgan fingerprint density at radius 1 is 1.24 bits per heavy atom. The number of hydrogen-bond acceptors (Lipinski definition) is 4. The van der Waals surface area contributed by atoms with Crippen LogP contribution in [0.5, 0.6) is 0 Å². The number of thiocarbonyl (C=S) groups is 1. The molecule has 0 radical (unpaired) electrons. The lowest BCUT2D eigenvalue weighted by Crippen LogP contribution is -2.29. The average molecular weight is 429 g/mol. The first-order valence-electron chi connectivity index (χ1n) is 9.36. The lowest BCUT2D eigenvalue weighted by Gasteiger charge is -2.14. The van der Waals surface area contributed by atoms with E-state index in [0.717, 1.165) is 12.0 Å². The minimum absolute atomic E-state index is 0.134. The van der Waals surface area contributed by atoms with Crippen molar-refractivity contribution in [1.82, 2.24) is 4.90 Å². The Labute approximate surface area is 179 Å². The number of anilines is 1. The Bertz CT molecular complexity index is 958. The summed E-state index contributed by atoms with van der Waals surface area (Å²) in [6, 6.07) is 13.8. The number of carbonyl (C=O) groups is 2. The van der Waals surface area contributed by atoms with E-state index in [1.807, 2.05) is 30.3 Å². The number of hydrogen-bond donors (Lipinski definition) is 1. The summed E-state index contributed by atoms with van der Waals surface area (Å²) in [5, 5.41) is 2.65. The number of nitrogens with one attached hydrogen (secondary N) is 1. The van der Waals surface area contributed by atoms with Gasteiger partial charge in [0.25, 0.3) is 5.91 Å². The molecule has 2 aromatic rings. The monoisotopic (exact) mass is 428 g/mol. The fraction of sp³-hybridized carbons (Fsp3) is 0.227. The minimum atomic E-state index is -0.406. The van der Waals surface area contributed by atoms with Gasteiger partial charge in [-0.05, 0) is 48.2 Å². The fourth-order valence-electron chi connectivity index (χ4n) is 2.88. The van der Waals surface area contributed by atoms with E-state index in [4.69, 9.17) is 12.2 Å². The molecular weight excluding hydrogens is 407 g/mol. The van der Waals surface area contributed by atoms with Crippen LogP contribution in [0.15, 0.2) is 53.4 Å².